The van der Waals surface area contributed by atoms with Crippen molar-refractivity contribution in [2.75, 3.05) is 0 Å². The van der Waals surface area contributed by atoms with Crippen LogP contribution in [0.5, 0.6) is 0 Å². The molecule has 0 aliphatic heterocycles. The molecule has 0 unspecified atom stereocenters. The summed E-state index contributed by atoms with van der Waals surface area (Å²) in [7, 11) is -3.61. The summed E-state index contributed by atoms with van der Waals surface area (Å²) in [6.07, 6.45) is 0. The Hall–Kier alpha value is -0.433. The minimum atomic E-state index is -3.61. The van der Waals surface area contributed by atoms with Crippen LogP contribution in [-0.4, -0.2) is 31.8 Å². The fraction of sp³-hybridized carbons (Fsp3) is 0.929. The van der Waals surface area contributed by atoms with Crippen LogP contribution in [0.2, 0.25) is 0 Å². The molecule has 0 N–H and O–H groups in total. The molecule has 0 aliphatic carbocycles. The molecule has 0 radical (unpaired) electrons. The number of carbonyl (C=O) groups is 1. The largest absolute Gasteiger partial charge is 0.752 e. The lowest BCUT2D eigenvalue weighted by molar-refractivity contribution is -0.159. The second-order valence-corrected chi connectivity index (χ2v) is 9.55. The summed E-state index contributed by atoms with van der Waals surface area (Å²) in [4.78, 5) is 11.5. The first-order valence-corrected chi connectivity index (χ1v) is 8.47. The number of rotatable bonds is 4. The van der Waals surface area contributed by atoms with Gasteiger partial charge in [0.1, 0.15) is 0 Å². The molecule has 0 saturated carbocycles. The molecule has 0 spiro atoms. The van der Waals surface area contributed by atoms with E-state index in [0.717, 1.165) is 0 Å². The molecule has 0 amide bonds. The lowest BCUT2D eigenvalue weighted by Gasteiger charge is -2.40. The third-order valence-electron chi connectivity index (χ3n) is 1.56. The SMILES string of the molecule is CC(=O)O[Si](OC(C)(C)C)(OC(C)(C)C)OC(C)(C)C. The molecular weight excluding hydrogens is 276 g/mol. The molecule has 0 rings (SSSR count). The summed E-state index contributed by atoms with van der Waals surface area (Å²) in [6, 6.07) is 0. The second-order valence-electron chi connectivity index (χ2n) is 7.74. The zero-order valence-corrected chi connectivity index (χ0v) is 15.5. The third kappa shape index (κ3) is 9.47. The van der Waals surface area contributed by atoms with Gasteiger partial charge >= 0.3 is 9.05 Å². The zero-order chi connectivity index (χ0) is 16.4. The Kier molecular flexibility index (Phi) is 6.00. The van der Waals surface area contributed by atoms with Gasteiger partial charge in [-0.3, -0.25) is 4.79 Å². The van der Waals surface area contributed by atoms with E-state index in [1.54, 1.807) is 0 Å². The van der Waals surface area contributed by atoms with Crippen LogP contribution in [0.25, 0.3) is 0 Å². The van der Waals surface area contributed by atoms with Crippen molar-refractivity contribution in [1.29, 1.82) is 0 Å². The van der Waals surface area contributed by atoms with Gasteiger partial charge < -0.3 is 17.7 Å². The Morgan fingerprint density at radius 3 is 1.10 bits per heavy atom. The molecule has 0 saturated heterocycles. The molecule has 120 valence electrons. The smallest absolute Gasteiger partial charge is 0.452 e. The number of carbonyl (C=O) groups excluding carboxylic acids is 1. The van der Waals surface area contributed by atoms with Crippen molar-refractivity contribution in [3.05, 3.63) is 0 Å². The van der Waals surface area contributed by atoms with E-state index in [1.165, 1.54) is 6.92 Å². The van der Waals surface area contributed by atoms with Crippen molar-refractivity contribution in [3.63, 3.8) is 0 Å². The van der Waals surface area contributed by atoms with Gasteiger partial charge in [0.2, 0.25) is 0 Å². The fourth-order valence-electron chi connectivity index (χ4n) is 1.43. The molecule has 0 fully saturated rings. The van der Waals surface area contributed by atoms with E-state index >= 15 is 0 Å². The summed E-state index contributed by atoms with van der Waals surface area (Å²) in [6.45, 7) is 18.2. The lowest BCUT2D eigenvalue weighted by Crippen LogP contribution is -2.60. The highest BCUT2D eigenvalue weighted by Crippen LogP contribution is 2.29. The molecule has 5 nitrogen and oxygen atoms in total. The van der Waals surface area contributed by atoms with Crippen LogP contribution in [-0.2, 0) is 22.5 Å². The summed E-state index contributed by atoms with van der Waals surface area (Å²) < 4.78 is 23.2. The van der Waals surface area contributed by atoms with Crippen LogP contribution in [0.15, 0.2) is 0 Å². The molecule has 0 aliphatic rings. The van der Waals surface area contributed by atoms with Crippen LogP contribution in [0.3, 0.4) is 0 Å². The van der Waals surface area contributed by atoms with Crippen molar-refractivity contribution in [2.24, 2.45) is 0 Å². The van der Waals surface area contributed by atoms with E-state index in [1.807, 2.05) is 62.3 Å². The second kappa shape index (κ2) is 6.13. The summed E-state index contributed by atoms with van der Waals surface area (Å²) in [5, 5.41) is 0. The van der Waals surface area contributed by atoms with Crippen LogP contribution < -0.4 is 0 Å². The van der Waals surface area contributed by atoms with Gasteiger partial charge in [-0.2, -0.15) is 0 Å². The van der Waals surface area contributed by atoms with Gasteiger partial charge in [0.15, 0.2) is 0 Å². The van der Waals surface area contributed by atoms with E-state index in [-0.39, 0.29) is 0 Å². The van der Waals surface area contributed by atoms with Crippen molar-refractivity contribution >= 4 is 15.0 Å². The van der Waals surface area contributed by atoms with Crippen LogP contribution in [0, 0.1) is 0 Å². The van der Waals surface area contributed by atoms with E-state index < -0.39 is 31.8 Å². The zero-order valence-electron chi connectivity index (χ0n) is 14.5. The van der Waals surface area contributed by atoms with E-state index in [0.29, 0.717) is 0 Å². The fourth-order valence-corrected chi connectivity index (χ4v) is 4.28. The van der Waals surface area contributed by atoms with Gasteiger partial charge in [-0.25, -0.2) is 0 Å². The molecule has 0 aromatic heterocycles. The molecule has 20 heavy (non-hydrogen) atoms. The lowest BCUT2D eigenvalue weighted by atomic mass is 10.2. The van der Waals surface area contributed by atoms with Crippen molar-refractivity contribution in [2.45, 2.75) is 86.0 Å². The third-order valence-corrected chi connectivity index (χ3v) is 4.69. The van der Waals surface area contributed by atoms with E-state index in [9.17, 15) is 4.79 Å². The maximum Gasteiger partial charge on any atom is 0.752 e. The minimum Gasteiger partial charge on any atom is -0.452 e. The quantitative estimate of drug-likeness (QED) is 0.745. The highest BCUT2D eigenvalue weighted by Gasteiger charge is 2.57. The molecule has 0 aromatic rings. The summed E-state index contributed by atoms with van der Waals surface area (Å²) in [5.41, 5.74) is -1.67. The average Bonchev–Trinajstić information content (AvgIpc) is 1.86. The first kappa shape index (κ1) is 19.6. The van der Waals surface area contributed by atoms with Crippen LogP contribution in [0.4, 0.5) is 0 Å². The Balaban J connectivity index is 5.56. The topological polar surface area (TPSA) is 54.0 Å². The molecule has 0 atom stereocenters. The molecule has 0 heterocycles. The van der Waals surface area contributed by atoms with Crippen LogP contribution >= 0.6 is 0 Å². The predicted octanol–water partition coefficient (Wildman–Crippen LogP) is 3.43. The van der Waals surface area contributed by atoms with Crippen molar-refractivity contribution in [1.82, 2.24) is 0 Å². The molecular formula is C14H30O5Si. The molecule has 6 heteroatoms. The van der Waals surface area contributed by atoms with E-state index in [4.69, 9.17) is 17.7 Å². The van der Waals surface area contributed by atoms with Gasteiger partial charge in [0.05, 0.1) is 16.8 Å². The van der Waals surface area contributed by atoms with Gasteiger partial charge in [0.25, 0.3) is 5.97 Å². The van der Waals surface area contributed by atoms with Gasteiger partial charge in [-0.15, -0.1) is 0 Å². The van der Waals surface area contributed by atoms with Gasteiger partial charge in [-0.1, -0.05) is 0 Å². The Morgan fingerprint density at radius 1 is 0.700 bits per heavy atom. The van der Waals surface area contributed by atoms with Gasteiger partial charge in [-0.05, 0) is 62.3 Å². The number of hydrogen-bond donors (Lipinski definition) is 0. The Bertz CT molecular complexity index is 292. The maximum atomic E-state index is 11.5. The van der Waals surface area contributed by atoms with Crippen molar-refractivity contribution < 1.29 is 22.5 Å². The van der Waals surface area contributed by atoms with E-state index in [2.05, 4.69) is 0 Å². The minimum absolute atomic E-state index is 0.477. The average molecular weight is 306 g/mol. The number of hydrogen-bond acceptors (Lipinski definition) is 5. The highest BCUT2D eigenvalue weighted by molar-refractivity contribution is 6.55. The predicted molar refractivity (Wildman–Crippen MR) is 80.0 cm³/mol. The first-order chi connectivity index (χ1) is 8.54. The maximum absolute atomic E-state index is 11.5. The van der Waals surface area contributed by atoms with Gasteiger partial charge in [0, 0.05) is 6.92 Å². The molecule has 0 aromatic carbocycles. The summed E-state index contributed by atoms with van der Waals surface area (Å²) in [5.74, 6) is -0.477. The normalized spacial score (nSPS) is 14.3. The standard InChI is InChI=1S/C14H30O5Si/c1-11(15)16-20(17-12(2,3)4,18-13(5,6)7)19-14(8,9)10/h1-10H3. The van der Waals surface area contributed by atoms with Crippen molar-refractivity contribution in [3.8, 4) is 0 Å². The van der Waals surface area contributed by atoms with Crippen LogP contribution in [0.1, 0.15) is 69.2 Å². The molecule has 0 bridgehead atoms. The summed E-state index contributed by atoms with van der Waals surface area (Å²) >= 11 is 0. The highest BCUT2D eigenvalue weighted by atomic mass is 28.4. The Morgan fingerprint density at radius 2 is 0.950 bits per heavy atom. The monoisotopic (exact) mass is 306 g/mol. The Labute approximate surface area is 124 Å². The first-order valence-electron chi connectivity index (χ1n) is 6.84.